The largest absolute Gasteiger partial charge is 0.350 e. The predicted molar refractivity (Wildman–Crippen MR) is 60.7 cm³/mol. The van der Waals surface area contributed by atoms with Crippen LogP contribution in [-0.4, -0.2) is 25.2 Å². The molecular weight excluding hydrogens is 195 g/mol. The van der Waals surface area contributed by atoms with E-state index in [0.717, 1.165) is 25.7 Å². The first-order chi connectivity index (χ1) is 7.10. The molecule has 0 saturated carbocycles. The molecule has 3 heteroatoms. The summed E-state index contributed by atoms with van der Waals surface area (Å²) >= 11 is 0. The van der Waals surface area contributed by atoms with E-state index in [2.05, 4.69) is 20.8 Å². The molecule has 0 bridgehead atoms. The zero-order chi connectivity index (χ0) is 11.7. The Morgan fingerprint density at radius 1 is 1.07 bits per heavy atom. The van der Waals surface area contributed by atoms with Crippen LogP contribution in [0.3, 0.4) is 0 Å². The third-order valence-electron chi connectivity index (χ3n) is 2.25. The Morgan fingerprint density at radius 3 is 1.87 bits per heavy atom. The molecule has 0 aromatic rings. The molecule has 15 heavy (non-hydrogen) atoms. The molecule has 0 aliphatic carbocycles. The van der Waals surface area contributed by atoms with Gasteiger partial charge in [-0.1, -0.05) is 19.8 Å². The summed E-state index contributed by atoms with van der Waals surface area (Å²) in [5.41, 5.74) is 0. The van der Waals surface area contributed by atoms with Gasteiger partial charge in [-0.2, -0.15) is 0 Å². The average molecular weight is 220 g/mol. The number of unbranched alkanes of at least 4 members (excludes halogenated alkanes) is 2. The molecule has 1 heterocycles. The van der Waals surface area contributed by atoms with Crippen molar-refractivity contribution < 1.29 is 13.9 Å². The predicted octanol–water partition coefficient (Wildman–Crippen LogP) is 3.69. The normalized spacial score (nSPS) is 30.6. The summed E-state index contributed by atoms with van der Waals surface area (Å²) in [5.74, 6) is 0. The van der Waals surface area contributed by atoms with Crippen molar-refractivity contribution in [3.8, 4) is 0 Å². The molecule has 2 nitrogen and oxygen atoms in total. The van der Waals surface area contributed by atoms with E-state index in [4.69, 9.17) is 9.47 Å². The summed E-state index contributed by atoms with van der Waals surface area (Å²) < 4.78 is 21.8. The minimum Gasteiger partial charge on any atom is -0.350 e. The van der Waals surface area contributed by atoms with Crippen molar-refractivity contribution in [1.29, 1.82) is 0 Å². The van der Waals surface area contributed by atoms with Gasteiger partial charge >= 0.3 is 0 Å². The van der Waals surface area contributed by atoms with Crippen molar-refractivity contribution >= 4 is 0 Å². The Hall–Kier alpha value is -0.150. The Labute approximate surface area is 93.1 Å². The first kappa shape index (κ1) is 14.8. The van der Waals surface area contributed by atoms with Gasteiger partial charge in [0.05, 0.1) is 18.9 Å². The van der Waals surface area contributed by atoms with Gasteiger partial charge in [0.2, 0.25) is 0 Å². The lowest BCUT2D eigenvalue weighted by molar-refractivity contribution is -0.224. The molecule has 0 aromatic carbocycles. The molecule has 0 amide bonds. The average Bonchev–Trinajstić information content (AvgIpc) is 2.13. The molecule has 1 saturated heterocycles. The van der Waals surface area contributed by atoms with Crippen LogP contribution in [0.25, 0.3) is 0 Å². The van der Waals surface area contributed by atoms with E-state index in [-0.39, 0.29) is 13.0 Å². The fraction of sp³-hybridized carbons (Fsp3) is 1.00. The van der Waals surface area contributed by atoms with Crippen molar-refractivity contribution in [3.05, 3.63) is 0 Å². The van der Waals surface area contributed by atoms with E-state index in [1.165, 1.54) is 0 Å². The molecule has 2 unspecified atom stereocenters. The second-order valence-corrected chi connectivity index (χ2v) is 4.09. The monoisotopic (exact) mass is 220 g/mol. The molecule has 2 atom stereocenters. The van der Waals surface area contributed by atoms with E-state index in [1.807, 2.05) is 6.92 Å². The lowest BCUT2D eigenvalue weighted by Crippen LogP contribution is -2.33. The Kier molecular flexibility index (Phi) is 9.01. The van der Waals surface area contributed by atoms with Crippen LogP contribution in [0.2, 0.25) is 0 Å². The van der Waals surface area contributed by atoms with Crippen LogP contribution in [0.15, 0.2) is 0 Å². The Balaban J connectivity index is 0.000000288. The lowest BCUT2D eigenvalue weighted by atomic mass is 10.2. The topological polar surface area (TPSA) is 18.5 Å². The maximum Gasteiger partial charge on any atom is 0.155 e. The maximum atomic E-state index is 11.2. The van der Waals surface area contributed by atoms with Crippen molar-refractivity contribution in [2.75, 3.05) is 6.67 Å². The molecule has 1 fully saturated rings. The van der Waals surface area contributed by atoms with Crippen LogP contribution in [0.5, 0.6) is 0 Å². The van der Waals surface area contributed by atoms with Crippen molar-refractivity contribution in [2.45, 2.75) is 71.9 Å². The second kappa shape index (κ2) is 9.10. The molecular formula is C12H25FO2. The van der Waals surface area contributed by atoms with Gasteiger partial charge in [-0.05, 0) is 33.6 Å². The van der Waals surface area contributed by atoms with Gasteiger partial charge in [-0.3, -0.25) is 4.39 Å². The van der Waals surface area contributed by atoms with Gasteiger partial charge in [-0.25, -0.2) is 0 Å². The molecule has 0 spiro atoms. The van der Waals surface area contributed by atoms with E-state index >= 15 is 0 Å². The molecule has 0 N–H and O–H groups in total. The fourth-order valence-corrected chi connectivity index (χ4v) is 1.61. The van der Waals surface area contributed by atoms with Crippen molar-refractivity contribution in [1.82, 2.24) is 0 Å². The summed E-state index contributed by atoms with van der Waals surface area (Å²) in [6.45, 7) is 8.01. The van der Waals surface area contributed by atoms with E-state index in [1.54, 1.807) is 0 Å². The zero-order valence-electron chi connectivity index (χ0n) is 10.5. The molecule has 1 rings (SSSR count). The van der Waals surface area contributed by atoms with Crippen LogP contribution in [0.4, 0.5) is 4.39 Å². The Bertz CT molecular complexity index is 113. The van der Waals surface area contributed by atoms with E-state index < -0.39 is 0 Å². The lowest BCUT2D eigenvalue weighted by Gasteiger charge is -2.30. The zero-order valence-corrected chi connectivity index (χ0v) is 10.5. The quantitative estimate of drug-likeness (QED) is 0.675. The van der Waals surface area contributed by atoms with Crippen LogP contribution in [0, 0.1) is 0 Å². The van der Waals surface area contributed by atoms with Crippen LogP contribution in [-0.2, 0) is 9.47 Å². The van der Waals surface area contributed by atoms with Crippen LogP contribution in [0.1, 0.15) is 53.4 Å². The first-order valence-corrected chi connectivity index (χ1v) is 5.97. The summed E-state index contributed by atoms with van der Waals surface area (Å²) in [7, 11) is 0. The first-order valence-electron chi connectivity index (χ1n) is 5.97. The number of hydrogen-bond acceptors (Lipinski definition) is 2. The number of halogens is 1. The van der Waals surface area contributed by atoms with E-state index in [9.17, 15) is 4.39 Å². The number of rotatable bonds is 3. The summed E-state index contributed by atoms with van der Waals surface area (Å²) in [4.78, 5) is 0. The van der Waals surface area contributed by atoms with Crippen molar-refractivity contribution in [2.24, 2.45) is 0 Å². The highest BCUT2D eigenvalue weighted by atomic mass is 19.1. The second-order valence-electron chi connectivity index (χ2n) is 4.09. The van der Waals surface area contributed by atoms with Crippen LogP contribution >= 0.6 is 0 Å². The minimum atomic E-state index is -0.145. The van der Waals surface area contributed by atoms with Gasteiger partial charge in [-0.15, -0.1) is 0 Å². The molecule has 1 aliphatic rings. The van der Waals surface area contributed by atoms with E-state index in [0.29, 0.717) is 12.2 Å². The maximum absolute atomic E-state index is 11.2. The molecule has 0 radical (unpaired) electrons. The highest BCUT2D eigenvalue weighted by Gasteiger charge is 2.20. The molecule has 0 aromatic heterocycles. The smallest absolute Gasteiger partial charge is 0.155 e. The van der Waals surface area contributed by atoms with Gasteiger partial charge < -0.3 is 9.47 Å². The number of alkyl halides is 1. The fourth-order valence-electron chi connectivity index (χ4n) is 1.61. The third kappa shape index (κ3) is 8.82. The van der Waals surface area contributed by atoms with Crippen molar-refractivity contribution in [3.63, 3.8) is 0 Å². The summed E-state index contributed by atoms with van der Waals surface area (Å²) in [5, 5.41) is 0. The minimum absolute atomic E-state index is 0.0104. The van der Waals surface area contributed by atoms with Crippen LogP contribution < -0.4 is 0 Å². The standard InChI is InChI=1S/C7H14O2.C5H11F/c1-5-4-6(2)9-7(3)8-5;1-2-3-4-5-6/h5-7H,4H2,1-3H3;2-5H2,1H3. The van der Waals surface area contributed by atoms with Gasteiger partial charge in [0.1, 0.15) is 0 Å². The molecule has 1 aliphatic heterocycles. The third-order valence-corrected chi connectivity index (χ3v) is 2.25. The van der Waals surface area contributed by atoms with Gasteiger partial charge in [0.15, 0.2) is 6.29 Å². The Morgan fingerprint density at radius 2 is 1.60 bits per heavy atom. The summed E-state index contributed by atoms with van der Waals surface area (Å²) in [6, 6.07) is 0. The molecule has 92 valence electrons. The highest BCUT2D eigenvalue weighted by molar-refractivity contribution is 4.62. The number of hydrogen-bond donors (Lipinski definition) is 0. The van der Waals surface area contributed by atoms with Gasteiger partial charge in [0.25, 0.3) is 0 Å². The SMILES string of the molecule is CC1CC(C)OC(C)O1.CCCCCF. The highest BCUT2D eigenvalue weighted by Crippen LogP contribution is 2.16. The summed E-state index contributed by atoms with van der Waals surface area (Å²) in [6.07, 6.45) is 4.64. The number of ether oxygens (including phenoxy) is 2. The van der Waals surface area contributed by atoms with Gasteiger partial charge in [0, 0.05) is 0 Å².